The molecule has 1 nitrogen and oxygen atoms in total. The number of rotatable bonds is 2. The minimum atomic E-state index is 0.397. The molecule has 0 radical (unpaired) electrons. The second-order valence-corrected chi connectivity index (χ2v) is 8.49. The van der Waals surface area contributed by atoms with Crippen LogP contribution in [0.2, 0.25) is 0 Å². The van der Waals surface area contributed by atoms with E-state index in [9.17, 15) is 0 Å². The normalized spacial score (nSPS) is 45.6. The Morgan fingerprint density at radius 3 is 2.15 bits per heavy atom. The lowest BCUT2D eigenvalue weighted by Crippen LogP contribution is -2.55. The van der Waals surface area contributed by atoms with Crippen LogP contribution in [0, 0.1) is 23.2 Å². The zero-order chi connectivity index (χ0) is 13.6. The largest absolute Gasteiger partial charge is 0.324 e. The Hall–Kier alpha value is -0.300. The van der Waals surface area contributed by atoms with Crippen LogP contribution >= 0.6 is 0 Å². The summed E-state index contributed by atoms with van der Waals surface area (Å²) in [5, 5.41) is 0. The summed E-state index contributed by atoms with van der Waals surface area (Å²) in [7, 11) is 0. The lowest BCUT2D eigenvalue weighted by atomic mass is 9.47. The van der Waals surface area contributed by atoms with Gasteiger partial charge in [-0.25, -0.2) is 0 Å². The van der Waals surface area contributed by atoms with Gasteiger partial charge in [0.15, 0.2) is 0 Å². The number of allylic oxidation sites excluding steroid dienone is 1. The third-order valence-corrected chi connectivity index (χ3v) is 6.97. The van der Waals surface area contributed by atoms with Gasteiger partial charge in [0, 0.05) is 6.04 Å². The predicted octanol–water partition coefficient (Wildman–Crippen LogP) is 4.81. The second-order valence-electron chi connectivity index (χ2n) is 8.49. The van der Waals surface area contributed by atoms with E-state index < -0.39 is 0 Å². The van der Waals surface area contributed by atoms with Crippen molar-refractivity contribution in [1.82, 2.24) is 0 Å². The monoisotopic (exact) mass is 273 g/mol. The first-order chi connectivity index (χ1) is 9.75. The van der Waals surface area contributed by atoms with Gasteiger partial charge in [0.25, 0.3) is 0 Å². The molecule has 4 bridgehead atoms. The standard InChI is InChI=1S/C19H31N/c20-18(17-6-4-2-1-3-5-7-17)19-11-14-8-15(12-19)10-16(9-14)13-19/h6,14-16,18H,1-5,7-13,20H2. The molecule has 5 rings (SSSR count). The molecule has 0 saturated heterocycles. The number of hydrogen-bond acceptors (Lipinski definition) is 1. The third kappa shape index (κ3) is 2.26. The Labute approximate surface area is 124 Å². The highest BCUT2D eigenvalue weighted by Gasteiger charge is 2.53. The van der Waals surface area contributed by atoms with Crippen molar-refractivity contribution in [3.05, 3.63) is 11.6 Å². The van der Waals surface area contributed by atoms with Crippen molar-refractivity contribution in [3.8, 4) is 0 Å². The van der Waals surface area contributed by atoms with Crippen LogP contribution in [0.25, 0.3) is 0 Å². The highest BCUT2D eigenvalue weighted by molar-refractivity contribution is 5.19. The van der Waals surface area contributed by atoms with Gasteiger partial charge >= 0.3 is 0 Å². The van der Waals surface area contributed by atoms with Crippen molar-refractivity contribution in [2.75, 3.05) is 0 Å². The molecule has 0 aromatic heterocycles. The molecule has 0 aromatic carbocycles. The smallest absolute Gasteiger partial charge is 0.0311 e. The molecule has 0 aliphatic heterocycles. The summed E-state index contributed by atoms with van der Waals surface area (Å²) >= 11 is 0. The molecule has 20 heavy (non-hydrogen) atoms. The molecule has 2 N–H and O–H groups in total. The summed E-state index contributed by atoms with van der Waals surface area (Å²) in [4.78, 5) is 0. The van der Waals surface area contributed by atoms with Crippen LogP contribution in [0.3, 0.4) is 0 Å². The zero-order valence-corrected chi connectivity index (χ0v) is 12.9. The minimum absolute atomic E-state index is 0.397. The van der Waals surface area contributed by atoms with Crippen LogP contribution in [-0.4, -0.2) is 6.04 Å². The molecule has 1 atom stereocenters. The first kappa shape index (κ1) is 13.4. The van der Waals surface area contributed by atoms with Gasteiger partial charge in [0.05, 0.1) is 0 Å². The van der Waals surface area contributed by atoms with Crippen LogP contribution in [0.4, 0.5) is 0 Å². The van der Waals surface area contributed by atoms with Crippen molar-refractivity contribution in [1.29, 1.82) is 0 Å². The maximum atomic E-state index is 6.90. The van der Waals surface area contributed by atoms with Crippen LogP contribution < -0.4 is 5.73 Å². The fourth-order valence-electron chi connectivity index (χ4n) is 6.45. The maximum absolute atomic E-state index is 6.90. The minimum Gasteiger partial charge on any atom is -0.324 e. The summed E-state index contributed by atoms with van der Waals surface area (Å²) in [6.45, 7) is 0. The van der Waals surface area contributed by atoms with Gasteiger partial charge in [0.2, 0.25) is 0 Å². The van der Waals surface area contributed by atoms with Gasteiger partial charge in [-0.3, -0.25) is 0 Å². The molecular weight excluding hydrogens is 242 g/mol. The second kappa shape index (κ2) is 5.16. The molecule has 112 valence electrons. The topological polar surface area (TPSA) is 26.0 Å². The first-order valence-electron chi connectivity index (χ1n) is 9.20. The van der Waals surface area contributed by atoms with Crippen molar-refractivity contribution in [3.63, 3.8) is 0 Å². The van der Waals surface area contributed by atoms with Gasteiger partial charge < -0.3 is 5.73 Å². The average Bonchev–Trinajstić information content (AvgIpc) is 2.36. The van der Waals surface area contributed by atoms with Gasteiger partial charge in [-0.15, -0.1) is 0 Å². The summed E-state index contributed by atoms with van der Waals surface area (Å²) in [6.07, 6.45) is 19.7. The summed E-state index contributed by atoms with van der Waals surface area (Å²) in [5.74, 6) is 3.09. The number of hydrogen-bond donors (Lipinski definition) is 1. The van der Waals surface area contributed by atoms with E-state index in [-0.39, 0.29) is 0 Å². The van der Waals surface area contributed by atoms with E-state index in [1.54, 1.807) is 5.57 Å². The van der Waals surface area contributed by atoms with E-state index in [1.807, 2.05) is 0 Å². The molecule has 5 aliphatic carbocycles. The van der Waals surface area contributed by atoms with Crippen molar-refractivity contribution in [2.24, 2.45) is 28.9 Å². The number of nitrogens with two attached hydrogens (primary N) is 1. The van der Waals surface area contributed by atoms with Gasteiger partial charge in [0.1, 0.15) is 0 Å². The first-order valence-corrected chi connectivity index (χ1v) is 9.20. The van der Waals surface area contributed by atoms with Crippen LogP contribution in [-0.2, 0) is 0 Å². The fraction of sp³-hybridized carbons (Fsp3) is 0.895. The van der Waals surface area contributed by atoms with E-state index >= 15 is 0 Å². The third-order valence-electron chi connectivity index (χ3n) is 6.97. The summed E-state index contributed by atoms with van der Waals surface area (Å²) in [5.41, 5.74) is 9.06. The van der Waals surface area contributed by atoms with E-state index in [0.29, 0.717) is 11.5 Å². The Kier molecular flexibility index (Phi) is 3.45. The SMILES string of the molecule is NC(C1=CCCCCCC1)C12CC3CC(CC(C3)C1)C2. The van der Waals surface area contributed by atoms with E-state index in [2.05, 4.69) is 6.08 Å². The molecule has 4 saturated carbocycles. The average molecular weight is 273 g/mol. The van der Waals surface area contributed by atoms with Crippen molar-refractivity contribution in [2.45, 2.75) is 83.1 Å². The van der Waals surface area contributed by atoms with Gasteiger partial charge in [-0.1, -0.05) is 24.5 Å². The molecule has 1 unspecified atom stereocenters. The molecule has 0 spiro atoms. The lowest BCUT2D eigenvalue weighted by Gasteiger charge is -2.59. The van der Waals surface area contributed by atoms with E-state index in [4.69, 9.17) is 5.73 Å². The van der Waals surface area contributed by atoms with Gasteiger partial charge in [-0.2, -0.15) is 0 Å². The fourth-order valence-corrected chi connectivity index (χ4v) is 6.45. The van der Waals surface area contributed by atoms with E-state index in [0.717, 1.165) is 17.8 Å². The lowest BCUT2D eigenvalue weighted by molar-refractivity contribution is -0.0613. The molecule has 0 heterocycles. The van der Waals surface area contributed by atoms with Crippen molar-refractivity contribution >= 4 is 0 Å². The molecule has 5 aliphatic rings. The highest BCUT2D eigenvalue weighted by Crippen LogP contribution is 2.61. The van der Waals surface area contributed by atoms with E-state index in [1.165, 1.54) is 77.0 Å². The Bertz CT molecular complexity index is 359. The molecular formula is C19H31N. The van der Waals surface area contributed by atoms with Crippen LogP contribution in [0.5, 0.6) is 0 Å². The Morgan fingerprint density at radius 2 is 1.50 bits per heavy atom. The molecule has 0 aromatic rings. The molecule has 4 fully saturated rings. The highest BCUT2D eigenvalue weighted by atomic mass is 14.7. The Balaban J connectivity index is 1.56. The zero-order valence-electron chi connectivity index (χ0n) is 12.9. The maximum Gasteiger partial charge on any atom is 0.0311 e. The Morgan fingerprint density at radius 1 is 0.900 bits per heavy atom. The molecule has 0 amide bonds. The van der Waals surface area contributed by atoms with Crippen LogP contribution in [0.15, 0.2) is 11.6 Å². The summed E-state index contributed by atoms with van der Waals surface area (Å²) in [6, 6.07) is 0.397. The van der Waals surface area contributed by atoms with Crippen molar-refractivity contribution < 1.29 is 0 Å². The van der Waals surface area contributed by atoms with Crippen LogP contribution in [0.1, 0.15) is 77.0 Å². The van der Waals surface area contributed by atoms with Gasteiger partial charge in [-0.05, 0) is 87.4 Å². The molecule has 1 heteroatoms. The quantitative estimate of drug-likeness (QED) is 0.718. The predicted molar refractivity (Wildman–Crippen MR) is 84.4 cm³/mol. The summed E-state index contributed by atoms with van der Waals surface area (Å²) < 4.78 is 0.